The first kappa shape index (κ1) is 12.0. The fourth-order valence-electron chi connectivity index (χ4n) is 2.58. The van der Waals surface area contributed by atoms with Gasteiger partial charge in [0.2, 0.25) is 5.91 Å². The van der Waals surface area contributed by atoms with Crippen molar-refractivity contribution in [2.24, 2.45) is 0 Å². The molecule has 0 spiro atoms. The number of nitrogens with zero attached hydrogens (tertiary/aromatic N) is 1. The SMILES string of the molecule is CSC1(C(=O)N2CC[C@@H]2c2ccccc2F)CC1. The predicted molar refractivity (Wildman–Crippen MR) is 71.0 cm³/mol. The number of carbonyl (C=O) groups is 1. The molecule has 2 nitrogen and oxygen atoms in total. The number of thioether (sulfide) groups is 1. The van der Waals surface area contributed by atoms with Gasteiger partial charge in [-0.25, -0.2) is 4.39 Å². The molecule has 3 rings (SSSR count). The molecule has 4 heteroatoms. The third kappa shape index (κ3) is 1.74. The van der Waals surface area contributed by atoms with Crippen LogP contribution in [0.4, 0.5) is 4.39 Å². The lowest BCUT2D eigenvalue weighted by Gasteiger charge is -2.43. The zero-order chi connectivity index (χ0) is 12.8. The average Bonchev–Trinajstić information content (AvgIpc) is 3.11. The van der Waals surface area contributed by atoms with Crippen LogP contribution in [0.25, 0.3) is 0 Å². The molecule has 0 unspecified atom stereocenters. The monoisotopic (exact) mass is 265 g/mol. The van der Waals surface area contributed by atoms with Crippen molar-refractivity contribution in [1.29, 1.82) is 0 Å². The van der Waals surface area contributed by atoms with Gasteiger partial charge < -0.3 is 4.90 Å². The largest absolute Gasteiger partial charge is 0.334 e. The molecule has 1 saturated carbocycles. The van der Waals surface area contributed by atoms with Crippen LogP contribution in [0.3, 0.4) is 0 Å². The number of likely N-dealkylation sites (tertiary alicyclic amines) is 1. The molecular formula is C14H16FNOS. The Kier molecular flexibility index (Phi) is 2.85. The lowest BCUT2D eigenvalue weighted by molar-refractivity contribution is -0.139. The molecule has 1 aliphatic heterocycles. The summed E-state index contributed by atoms with van der Waals surface area (Å²) >= 11 is 1.64. The Morgan fingerprint density at radius 2 is 2.17 bits per heavy atom. The minimum Gasteiger partial charge on any atom is -0.334 e. The molecule has 18 heavy (non-hydrogen) atoms. The first-order valence-electron chi connectivity index (χ1n) is 6.28. The number of halogens is 1. The molecule has 1 saturated heterocycles. The summed E-state index contributed by atoms with van der Waals surface area (Å²) in [5.41, 5.74) is 0.661. The Hall–Kier alpha value is -1.03. The van der Waals surface area contributed by atoms with Crippen molar-refractivity contribution in [3.05, 3.63) is 35.6 Å². The number of amides is 1. The summed E-state index contributed by atoms with van der Waals surface area (Å²) in [5.74, 6) is 0.00324. The van der Waals surface area contributed by atoms with Crippen molar-refractivity contribution in [3.63, 3.8) is 0 Å². The predicted octanol–water partition coefficient (Wildman–Crippen LogP) is 2.99. The maximum absolute atomic E-state index is 13.7. The molecule has 1 amide bonds. The highest BCUT2D eigenvalue weighted by Crippen LogP contribution is 2.51. The van der Waals surface area contributed by atoms with E-state index in [9.17, 15) is 9.18 Å². The maximum atomic E-state index is 13.7. The molecule has 0 bridgehead atoms. The van der Waals surface area contributed by atoms with Gasteiger partial charge in [-0.05, 0) is 31.6 Å². The molecule has 0 aromatic heterocycles. The Bertz CT molecular complexity index is 486. The van der Waals surface area contributed by atoms with Gasteiger partial charge in [-0.1, -0.05) is 18.2 Å². The van der Waals surface area contributed by atoms with Gasteiger partial charge in [0.05, 0.1) is 10.8 Å². The first-order valence-corrected chi connectivity index (χ1v) is 7.51. The highest BCUT2D eigenvalue weighted by Gasteiger charge is 2.54. The second kappa shape index (κ2) is 4.26. The lowest BCUT2D eigenvalue weighted by Crippen LogP contribution is -2.49. The quantitative estimate of drug-likeness (QED) is 0.837. The summed E-state index contributed by atoms with van der Waals surface area (Å²) in [6.45, 7) is 0.764. The molecule has 1 aliphatic carbocycles. The molecule has 1 aromatic rings. The minimum absolute atomic E-state index is 0.0525. The molecular weight excluding hydrogens is 249 g/mol. The summed E-state index contributed by atoms with van der Waals surface area (Å²) in [7, 11) is 0. The molecule has 2 aliphatic rings. The highest BCUT2D eigenvalue weighted by atomic mass is 32.2. The van der Waals surface area contributed by atoms with Gasteiger partial charge in [0, 0.05) is 12.1 Å². The Labute approximate surface area is 111 Å². The van der Waals surface area contributed by atoms with E-state index in [1.54, 1.807) is 23.9 Å². The van der Waals surface area contributed by atoms with Gasteiger partial charge >= 0.3 is 0 Å². The van der Waals surface area contributed by atoms with E-state index < -0.39 is 0 Å². The molecule has 0 N–H and O–H groups in total. The molecule has 0 radical (unpaired) electrons. The zero-order valence-electron chi connectivity index (χ0n) is 10.4. The molecule has 1 heterocycles. The van der Waals surface area contributed by atoms with Crippen LogP contribution in [-0.2, 0) is 4.79 Å². The van der Waals surface area contributed by atoms with E-state index >= 15 is 0 Å². The topological polar surface area (TPSA) is 20.3 Å². The van der Waals surface area contributed by atoms with Gasteiger partial charge in [0.1, 0.15) is 5.82 Å². The third-order valence-electron chi connectivity index (χ3n) is 4.03. The van der Waals surface area contributed by atoms with Crippen LogP contribution in [0, 0.1) is 5.82 Å². The Morgan fingerprint density at radius 1 is 1.44 bits per heavy atom. The second-order valence-electron chi connectivity index (χ2n) is 5.02. The molecule has 96 valence electrons. The average molecular weight is 265 g/mol. The third-order valence-corrected chi connectivity index (χ3v) is 5.39. The number of rotatable bonds is 3. The van der Waals surface area contributed by atoms with E-state index in [4.69, 9.17) is 0 Å². The summed E-state index contributed by atoms with van der Waals surface area (Å²) in [5, 5.41) is 0. The normalized spacial score (nSPS) is 24.6. The van der Waals surface area contributed by atoms with Crippen molar-refractivity contribution in [3.8, 4) is 0 Å². The van der Waals surface area contributed by atoms with E-state index in [0.29, 0.717) is 5.56 Å². The number of hydrogen-bond acceptors (Lipinski definition) is 2. The van der Waals surface area contributed by atoms with E-state index in [0.717, 1.165) is 25.8 Å². The van der Waals surface area contributed by atoms with Gasteiger partial charge in [-0.15, -0.1) is 11.8 Å². The standard InChI is InChI=1S/C14H16FNOS/c1-18-14(7-8-14)13(17)16-9-6-12(16)10-4-2-3-5-11(10)15/h2-5,12H,6-9H2,1H3/t12-/m1/s1. The van der Waals surface area contributed by atoms with Gasteiger partial charge in [-0.2, -0.15) is 0 Å². The lowest BCUT2D eigenvalue weighted by atomic mass is 9.93. The van der Waals surface area contributed by atoms with E-state index in [1.165, 1.54) is 6.07 Å². The fraction of sp³-hybridized carbons (Fsp3) is 0.500. The molecule has 2 fully saturated rings. The zero-order valence-corrected chi connectivity index (χ0v) is 11.2. The highest BCUT2D eigenvalue weighted by molar-refractivity contribution is 8.01. The van der Waals surface area contributed by atoms with Gasteiger partial charge in [0.25, 0.3) is 0 Å². The van der Waals surface area contributed by atoms with Crippen LogP contribution >= 0.6 is 11.8 Å². The molecule has 1 atom stereocenters. The van der Waals surface area contributed by atoms with Crippen molar-refractivity contribution in [2.75, 3.05) is 12.8 Å². The summed E-state index contributed by atoms with van der Waals surface area (Å²) < 4.78 is 13.6. The number of hydrogen-bond donors (Lipinski definition) is 0. The van der Waals surface area contributed by atoms with E-state index in [2.05, 4.69) is 0 Å². The summed E-state index contributed by atoms with van der Waals surface area (Å²) in [6.07, 6.45) is 4.79. The summed E-state index contributed by atoms with van der Waals surface area (Å²) in [6, 6.07) is 6.73. The van der Waals surface area contributed by atoms with Crippen LogP contribution in [0.1, 0.15) is 30.9 Å². The van der Waals surface area contributed by atoms with Gasteiger partial charge in [0.15, 0.2) is 0 Å². The second-order valence-corrected chi connectivity index (χ2v) is 6.21. The van der Waals surface area contributed by atoms with Gasteiger partial charge in [-0.3, -0.25) is 4.79 Å². The van der Waals surface area contributed by atoms with Crippen LogP contribution in [0.15, 0.2) is 24.3 Å². The minimum atomic E-state index is -0.200. The summed E-state index contributed by atoms with van der Waals surface area (Å²) in [4.78, 5) is 14.3. The van der Waals surface area contributed by atoms with Crippen LogP contribution in [0.2, 0.25) is 0 Å². The van der Waals surface area contributed by atoms with Crippen LogP contribution in [-0.4, -0.2) is 28.4 Å². The first-order chi connectivity index (χ1) is 8.68. The Balaban J connectivity index is 1.80. The smallest absolute Gasteiger partial charge is 0.239 e. The van der Waals surface area contributed by atoms with E-state index in [1.807, 2.05) is 17.2 Å². The van der Waals surface area contributed by atoms with Crippen molar-refractivity contribution < 1.29 is 9.18 Å². The van der Waals surface area contributed by atoms with Crippen LogP contribution < -0.4 is 0 Å². The molecule has 1 aromatic carbocycles. The number of benzene rings is 1. The van der Waals surface area contributed by atoms with Crippen molar-refractivity contribution in [2.45, 2.75) is 30.1 Å². The van der Waals surface area contributed by atoms with Crippen molar-refractivity contribution in [1.82, 2.24) is 4.90 Å². The fourth-order valence-corrected chi connectivity index (χ4v) is 3.38. The van der Waals surface area contributed by atoms with E-state index in [-0.39, 0.29) is 22.5 Å². The Morgan fingerprint density at radius 3 is 2.67 bits per heavy atom. The van der Waals surface area contributed by atoms with Crippen LogP contribution in [0.5, 0.6) is 0 Å². The van der Waals surface area contributed by atoms with Crippen molar-refractivity contribution >= 4 is 17.7 Å². The maximum Gasteiger partial charge on any atom is 0.239 e. The number of carbonyl (C=O) groups excluding carboxylic acids is 1.